The molecule has 0 heterocycles. The summed E-state index contributed by atoms with van der Waals surface area (Å²) < 4.78 is 5.75. The molecule has 3 aromatic carbocycles. The number of nitrogens with one attached hydrogen (secondary N) is 1. The van der Waals surface area contributed by atoms with Crippen molar-refractivity contribution >= 4 is 46.6 Å². The van der Waals surface area contributed by atoms with Crippen LogP contribution in [0.1, 0.15) is 28.4 Å². The Morgan fingerprint density at radius 3 is 2.41 bits per heavy atom. The second-order valence-corrected chi connectivity index (χ2v) is 8.33. The first-order valence-electron chi connectivity index (χ1n) is 9.18. The zero-order valence-electron chi connectivity index (χ0n) is 16.2. The Balaban J connectivity index is 1.79. The molecule has 150 valence electrons. The van der Waals surface area contributed by atoms with Gasteiger partial charge in [-0.3, -0.25) is 4.79 Å². The lowest BCUT2D eigenvalue weighted by molar-refractivity contribution is 0.102. The molecular formula is C23H21Cl2NO2S. The smallest absolute Gasteiger partial charge is 0.255 e. The van der Waals surface area contributed by atoms with Gasteiger partial charge in [0.2, 0.25) is 0 Å². The van der Waals surface area contributed by atoms with Crippen LogP contribution in [0.25, 0.3) is 0 Å². The number of halogens is 2. The number of ether oxygens (including phenoxy) is 1. The molecule has 0 atom stereocenters. The molecule has 0 radical (unpaired) electrons. The molecule has 0 aliphatic rings. The number of hydrogen-bond acceptors (Lipinski definition) is 3. The molecule has 0 aromatic heterocycles. The summed E-state index contributed by atoms with van der Waals surface area (Å²) in [6.07, 6.45) is 0. The SMILES string of the molecule is CCOc1ccc(C(=O)Nc2ccc(Cl)cc2C)cc1CSc1ccc(Cl)cc1. The molecule has 1 amide bonds. The van der Waals surface area contributed by atoms with E-state index in [1.807, 2.05) is 56.3 Å². The molecule has 6 heteroatoms. The molecule has 0 aliphatic carbocycles. The number of amides is 1. The van der Waals surface area contributed by atoms with Gasteiger partial charge in [0.15, 0.2) is 0 Å². The van der Waals surface area contributed by atoms with Crippen LogP contribution >= 0.6 is 35.0 Å². The molecule has 29 heavy (non-hydrogen) atoms. The largest absolute Gasteiger partial charge is 0.494 e. The van der Waals surface area contributed by atoms with E-state index in [-0.39, 0.29) is 5.91 Å². The van der Waals surface area contributed by atoms with E-state index in [1.54, 1.807) is 30.0 Å². The number of carbonyl (C=O) groups excluding carboxylic acids is 1. The molecule has 0 unspecified atom stereocenters. The fraction of sp³-hybridized carbons (Fsp3) is 0.174. The number of rotatable bonds is 7. The molecule has 0 bridgehead atoms. The Morgan fingerprint density at radius 2 is 1.72 bits per heavy atom. The Morgan fingerprint density at radius 1 is 1.00 bits per heavy atom. The van der Waals surface area contributed by atoms with Gasteiger partial charge in [-0.2, -0.15) is 0 Å². The zero-order valence-corrected chi connectivity index (χ0v) is 18.5. The zero-order chi connectivity index (χ0) is 20.8. The third-order valence-corrected chi connectivity index (χ3v) is 5.82. The highest BCUT2D eigenvalue weighted by molar-refractivity contribution is 7.98. The van der Waals surface area contributed by atoms with Crippen molar-refractivity contribution in [3.05, 3.63) is 87.4 Å². The summed E-state index contributed by atoms with van der Waals surface area (Å²) in [7, 11) is 0. The Labute approximate surface area is 185 Å². The molecule has 3 nitrogen and oxygen atoms in total. The van der Waals surface area contributed by atoms with Gasteiger partial charge in [-0.05, 0) is 80.1 Å². The predicted molar refractivity (Wildman–Crippen MR) is 123 cm³/mol. The third-order valence-electron chi connectivity index (χ3n) is 4.27. The first-order chi connectivity index (χ1) is 14.0. The molecule has 0 aliphatic heterocycles. The highest BCUT2D eigenvalue weighted by atomic mass is 35.5. The summed E-state index contributed by atoms with van der Waals surface area (Å²) in [5.74, 6) is 1.29. The lowest BCUT2D eigenvalue weighted by atomic mass is 10.1. The van der Waals surface area contributed by atoms with Crippen LogP contribution < -0.4 is 10.1 Å². The first-order valence-corrected chi connectivity index (χ1v) is 10.9. The minimum absolute atomic E-state index is 0.170. The minimum atomic E-state index is -0.170. The normalized spacial score (nSPS) is 10.6. The molecule has 3 rings (SSSR count). The standard InChI is InChI=1S/C23H21Cl2NO2S/c1-3-28-22-11-4-16(23(27)26-21-10-7-19(25)12-15(21)2)13-17(22)14-29-20-8-5-18(24)6-9-20/h4-13H,3,14H2,1-2H3,(H,26,27). The maximum absolute atomic E-state index is 12.8. The number of anilines is 1. The van der Waals surface area contributed by atoms with Gasteiger partial charge in [0.1, 0.15) is 5.75 Å². The highest BCUT2D eigenvalue weighted by Crippen LogP contribution is 2.30. The molecule has 0 fully saturated rings. The fourth-order valence-corrected chi connectivity index (χ4v) is 4.01. The third kappa shape index (κ3) is 5.92. The van der Waals surface area contributed by atoms with E-state index in [2.05, 4.69) is 5.32 Å². The summed E-state index contributed by atoms with van der Waals surface area (Å²) in [5, 5.41) is 4.30. The number of carbonyl (C=O) groups is 1. The Kier molecular flexibility index (Phi) is 7.48. The quantitative estimate of drug-likeness (QED) is 0.389. The van der Waals surface area contributed by atoms with Crippen molar-refractivity contribution in [2.24, 2.45) is 0 Å². The molecule has 0 saturated carbocycles. The average Bonchev–Trinajstić information content (AvgIpc) is 2.70. The van der Waals surface area contributed by atoms with Crippen LogP contribution in [0, 0.1) is 6.92 Å². The van der Waals surface area contributed by atoms with E-state index < -0.39 is 0 Å². The van der Waals surface area contributed by atoms with E-state index in [0.29, 0.717) is 28.0 Å². The number of aryl methyl sites for hydroxylation is 1. The topological polar surface area (TPSA) is 38.3 Å². The van der Waals surface area contributed by atoms with Crippen molar-refractivity contribution in [3.63, 3.8) is 0 Å². The van der Waals surface area contributed by atoms with Crippen LogP contribution in [0.15, 0.2) is 65.6 Å². The summed E-state index contributed by atoms with van der Waals surface area (Å²) in [4.78, 5) is 13.9. The van der Waals surface area contributed by atoms with Crippen molar-refractivity contribution in [1.29, 1.82) is 0 Å². The van der Waals surface area contributed by atoms with Gasteiger partial charge in [0.25, 0.3) is 5.91 Å². The van der Waals surface area contributed by atoms with Crippen molar-refractivity contribution in [2.75, 3.05) is 11.9 Å². The second-order valence-electron chi connectivity index (χ2n) is 6.41. The van der Waals surface area contributed by atoms with Gasteiger partial charge in [0.05, 0.1) is 6.61 Å². The second kappa shape index (κ2) is 10.1. The average molecular weight is 446 g/mol. The Bertz CT molecular complexity index is 1010. The van der Waals surface area contributed by atoms with Crippen LogP contribution in [0.2, 0.25) is 10.0 Å². The van der Waals surface area contributed by atoms with E-state index in [1.165, 1.54) is 0 Å². The maximum Gasteiger partial charge on any atom is 0.255 e. The minimum Gasteiger partial charge on any atom is -0.494 e. The number of thioether (sulfide) groups is 1. The summed E-state index contributed by atoms with van der Waals surface area (Å²) in [6.45, 7) is 4.42. The predicted octanol–water partition coefficient (Wildman–Crippen LogP) is 7.25. The molecular weight excluding hydrogens is 425 g/mol. The van der Waals surface area contributed by atoms with Crippen molar-refractivity contribution in [3.8, 4) is 5.75 Å². The maximum atomic E-state index is 12.8. The summed E-state index contributed by atoms with van der Waals surface area (Å²) >= 11 is 13.6. The van der Waals surface area contributed by atoms with E-state index in [4.69, 9.17) is 27.9 Å². The van der Waals surface area contributed by atoms with Crippen molar-refractivity contribution in [1.82, 2.24) is 0 Å². The van der Waals surface area contributed by atoms with Gasteiger partial charge < -0.3 is 10.1 Å². The van der Waals surface area contributed by atoms with Gasteiger partial charge in [-0.1, -0.05) is 23.2 Å². The number of benzene rings is 3. The monoisotopic (exact) mass is 445 g/mol. The Hall–Kier alpha value is -2.14. The number of hydrogen-bond donors (Lipinski definition) is 1. The van der Waals surface area contributed by atoms with Gasteiger partial charge >= 0.3 is 0 Å². The van der Waals surface area contributed by atoms with E-state index in [0.717, 1.165) is 27.5 Å². The van der Waals surface area contributed by atoms with Crippen molar-refractivity contribution < 1.29 is 9.53 Å². The van der Waals surface area contributed by atoms with E-state index in [9.17, 15) is 4.79 Å². The molecule has 3 aromatic rings. The van der Waals surface area contributed by atoms with Crippen LogP contribution in [-0.4, -0.2) is 12.5 Å². The lowest BCUT2D eigenvalue weighted by Crippen LogP contribution is -2.13. The first kappa shape index (κ1) is 21.6. The van der Waals surface area contributed by atoms with Gasteiger partial charge in [-0.25, -0.2) is 0 Å². The van der Waals surface area contributed by atoms with Gasteiger partial charge in [-0.15, -0.1) is 11.8 Å². The van der Waals surface area contributed by atoms with Crippen LogP contribution in [0.5, 0.6) is 5.75 Å². The molecule has 0 spiro atoms. The van der Waals surface area contributed by atoms with Crippen LogP contribution in [0.4, 0.5) is 5.69 Å². The van der Waals surface area contributed by atoms with Crippen molar-refractivity contribution in [2.45, 2.75) is 24.5 Å². The van der Waals surface area contributed by atoms with Gasteiger partial charge in [0, 0.05) is 37.5 Å². The summed E-state index contributed by atoms with van der Waals surface area (Å²) in [5.41, 5.74) is 3.20. The van der Waals surface area contributed by atoms with E-state index >= 15 is 0 Å². The van der Waals surface area contributed by atoms with Crippen LogP contribution in [0.3, 0.4) is 0 Å². The lowest BCUT2D eigenvalue weighted by Gasteiger charge is -2.13. The fourth-order valence-electron chi connectivity index (χ4n) is 2.78. The summed E-state index contributed by atoms with van der Waals surface area (Å²) in [6, 6.07) is 18.6. The van der Waals surface area contributed by atoms with Crippen LogP contribution in [-0.2, 0) is 5.75 Å². The molecule has 1 N–H and O–H groups in total. The molecule has 0 saturated heterocycles. The highest BCUT2D eigenvalue weighted by Gasteiger charge is 2.12.